The standard InChI is InChI=1S/C6H9Cl3N2O/c7-6(8,9)5(10)11-1-3-12-4-2-11/h10H,1-4H2. The molecule has 0 aromatic rings. The van der Waals surface area contributed by atoms with Crippen molar-refractivity contribution in [3.8, 4) is 0 Å². The van der Waals surface area contributed by atoms with Gasteiger partial charge in [0.1, 0.15) is 5.84 Å². The Kier molecular flexibility index (Phi) is 3.47. The lowest BCUT2D eigenvalue weighted by atomic mass is 10.4. The number of nitrogens with one attached hydrogen (secondary N) is 1. The Balaban J connectivity index is 2.51. The van der Waals surface area contributed by atoms with Gasteiger partial charge >= 0.3 is 0 Å². The highest BCUT2D eigenvalue weighted by Gasteiger charge is 2.31. The summed E-state index contributed by atoms with van der Waals surface area (Å²) in [6.45, 7) is 2.41. The van der Waals surface area contributed by atoms with Crippen molar-refractivity contribution in [3.05, 3.63) is 0 Å². The Labute approximate surface area is 86.0 Å². The van der Waals surface area contributed by atoms with Crippen LogP contribution in [0, 0.1) is 5.41 Å². The summed E-state index contributed by atoms with van der Waals surface area (Å²) in [4.78, 5) is 1.70. The fourth-order valence-corrected chi connectivity index (χ4v) is 1.32. The molecule has 0 spiro atoms. The van der Waals surface area contributed by atoms with E-state index in [1.807, 2.05) is 0 Å². The summed E-state index contributed by atoms with van der Waals surface area (Å²) >= 11 is 16.6. The Morgan fingerprint density at radius 2 is 1.75 bits per heavy atom. The molecule has 0 amide bonds. The molecule has 1 heterocycles. The van der Waals surface area contributed by atoms with E-state index in [1.54, 1.807) is 4.90 Å². The lowest BCUT2D eigenvalue weighted by Gasteiger charge is -2.31. The molecular formula is C6H9Cl3N2O. The molecule has 0 aliphatic carbocycles. The van der Waals surface area contributed by atoms with Gasteiger partial charge in [-0.05, 0) is 0 Å². The van der Waals surface area contributed by atoms with Crippen LogP contribution in [0.2, 0.25) is 0 Å². The Morgan fingerprint density at radius 1 is 1.25 bits per heavy atom. The van der Waals surface area contributed by atoms with Gasteiger partial charge in [-0.1, -0.05) is 34.8 Å². The largest absolute Gasteiger partial charge is 0.378 e. The zero-order valence-corrected chi connectivity index (χ0v) is 8.59. The molecule has 3 nitrogen and oxygen atoms in total. The van der Waals surface area contributed by atoms with Crippen LogP contribution in [-0.2, 0) is 4.74 Å². The molecule has 0 bridgehead atoms. The summed E-state index contributed by atoms with van der Waals surface area (Å²) in [5.41, 5.74) is 0. The molecule has 1 aliphatic heterocycles. The zero-order valence-electron chi connectivity index (χ0n) is 6.32. The number of halogens is 3. The molecule has 1 N–H and O–H groups in total. The summed E-state index contributed by atoms with van der Waals surface area (Å²) in [6.07, 6.45) is 0. The van der Waals surface area contributed by atoms with E-state index in [0.717, 1.165) is 0 Å². The molecule has 0 saturated carbocycles. The molecule has 1 fully saturated rings. The van der Waals surface area contributed by atoms with Crippen LogP contribution in [0.15, 0.2) is 0 Å². The summed E-state index contributed by atoms with van der Waals surface area (Å²) in [7, 11) is 0. The number of hydrogen-bond donors (Lipinski definition) is 1. The molecule has 0 atom stereocenters. The Morgan fingerprint density at radius 3 is 2.17 bits per heavy atom. The number of nitrogens with zero attached hydrogens (tertiary/aromatic N) is 1. The van der Waals surface area contributed by atoms with Crippen molar-refractivity contribution in [2.45, 2.75) is 3.79 Å². The molecule has 0 radical (unpaired) electrons. The fraction of sp³-hybridized carbons (Fsp3) is 0.833. The van der Waals surface area contributed by atoms with Gasteiger partial charge in [-0.25, -0.2) is 0 Å². The maximum absolute atomic E-state index is 7.51. The third kappa shape index (κ3) is 2.66. The van der Waals surface area contributed by atoms with E-state index >= 15 is 0 Å². The first-order chi connectivity index (χ1) is 5.52. The van der Waals surface area contributed by atoms with Crippen molar-refractivity contribution in [3.63, 3.8) is 0 Å². The van der Waals surface area contributed by atoms with Crippen molar-refractivity contribution >= 4 is 40.6 Å². The van der Waals surface area contributed by atoms with Crippen LogP contribution in [0.1, 0.15) is 0 Å². The second kappa shape index (κ2) is 4.01. The minimum atomic E-state index is -1.61. The third-order valence-electron chi connectivity index (χ3n) is 1.60. The summed E-state index contributed by atoms with van der Waals surface area (Å²) in [5, 5.41) is 7.51. The third-order valence-corrected chi connectivity index (χ3v) is 2.13. The number of amidine groups is 1. The molecule has 0 aromatic carbocycles. The predicted molar refractivity (Wildman–Crippen MR) is 50.4 cm³/mol. The van der Waals surface area contributed by atoms with Gasteiger partial charge in [0.2, 0.25) is 3.79 Å². The first kappa shape index (κ1) is 10.4. The number of rotatable bonds is 0. The van der Waals surface area contributed by atoms with E-state index in [2.05, 4.69) is 0 Å². The van der Waals surface area contributed by atoms with Crippen molar-refractivity contribution in [2.24, 2.45) is 0 Å². The second-order valence-corrected chi connectivity index (χ2v) is 4.73. The van der Waals surface area contributed by atoms with Gasteiger partial charge in [0.05, 0.1) is 13.2 Å². The molecule has 0 unspecified atom stereocenters. The van der Waals surface area contributed by atoms with E-state index in [9.17, 15) is 0 Å². The van der Waals surface area contributed by atoms with Crippen LogP contribution in [0.4, 0.5) is 0 Å². The van der Waals surface area contributed by atoms with Crippen molar-refractivity contribution in [1.29, 1.82) is 5.41 Å². The SMILES string of the molecule is N=C(N1CCOCC1)C(Cl)(Cl)Cl. The average Bonchev–Trinajstić information content (AvgIpc) is 2.03. The highest BCUT2D eigenvalue weighted by atomic mass is 35.6. The van der Waals surface area contributed by atoms with Crippen molar-refractivity contribution in [2.75, 3.05) is 26.3 Å². The van der Waals surface area contributed by atoms with Crippen LogP contribution in [-0.4, -0.2) is 40.8 Å². The molecule has 1 rings (SSSR count). The van der Waals surface area contributed by atoms with E-state index < -0.39 is 3.79 Å². The van der Waals surface area contributed by atoms with Gasteiger partial charge in [-0.15, -0.1) is 0 Å². The van der Waals surface area contributed by atoms with Gasteiger partial charge in [-0.3, -0.25) is 5.41 Å². The quantitative estimate of drug-likeness (QED) is 0.391. The van der Waals surface area contributed by atoms with Gasteiger partial charge in [0, 0.05) is 13.1 Å². The smallest absolute Gasteiger partial charge is 0.247 e. The monoisotopic (exact) mass is 230 g/mol. The zero-order chi connectivity index (χ0) is 9.19. The summed E-state index contributed by atoms with van der Waals surface area (Å²) < 4.78 is 3.48. The fourth-order valence-electron chi connectivity index (χ4n) is 0.966. The number of alkyl halides is 3. The first-order valence-corrected chi connectivity index (χ1v) is 4.63. The Bertz CT molecular complexity index is 174. The highest BCUT2D eigenvalue weighted by Crippen LogP contribution is 2.28. The number of hydrogen-bond acceptors (Lipinski definition) is 2. The second-order valence-electron chi connectivity index (χ2n) is 2.45. The maximum Gasteiger partial charge on any atom is 0.247 e. The van der Waals surface area contributed by atoms with Crippen LogP contribution >= 0.6 is 34.8 Å². The normalized spacial score (nSPS) is 19.4. The van der Waals surface area contributed by atoms with Gasteiger partial charge in [0.25, 0.3) is 0 Å². The summed E-state index contributed by atoms with van der Waals surface area (Å²) in [6, 6.07) is 0. The van der Waals surface area contributed by atoms with Crippen molar-refractivity contribution in [1.82, 2.24) is 4.90 Å². The van der Waals surface area contributed by atoms with E-state index in [-0.39, 0.29) is 5.84 Å². The lowest BCUT2D eigenvalue weighted by Crippen LogP contribution is -2.45. The molecule has 70 valence electrons. The van der Waals surface area contributed by atoms with Crippen LogP contribution < -0.4 is 0 Å². The number of ether oxygens (including phenoxy) is 1. The van der Waals surface area contributed by atoms with Crippen LogP contribution in [0.3, 0.4) is 0 Å². The first-order valence-electron chi connectivity index (χ1n) is 3.50. The van der Waals surface area contributed by atoms with Crippen molar-refractivity contribution < 1.29 is 4.74 Å². The molecule has 12 heavy (non-hydrogen) atoms. The van der Waals surface area contributed by atoms with Gasteiger partial charge in [0.15, 0.2) is 0 Å². The van der Waals surface area contributed by atoms with Crippen LogP contribution in [0.25, 0.3) is 0 Å². The van der Waals surface area contributed by atoms with Crippen LogP contribution in [0.5, 0.6) is 0 Å². The lowest BCUT2D eigenvalue weighted by molar-refractivity contribution is 0.0671. The van der Waals surface area contributed by atoms with E-state index in [0.29, 0.717) is 26.3 Å². The highest BCUT2D eigenvalue weighted by molar-refractivity contribution is 6.76. The maximum atomic E-state index is 7.51. The predicted octanol–water partition coefficient (Wildman–Crippen LogP) is 1.67. The minimum Gasteiger partial charge on any atom is -0.378 e. The van der Waals surface area contributed by atoms with Gasteiger partial charge < -0.3 is 9.64 Å². The minimum absolute atomic E-state index is 0.0239. The molecule has 6 heteroatoms. The molecule has 1 saturated heterocycles. The van der Waals surface area contributed by atoms with E-state index in [1.165, 1.54) is 0 Å². The average molecular weight is 232 g/mol. The molecular weight excluding hydrogens is 222 g/mol. The van der Waals surface area contributed by atoms with E-state index in [4.69, 9.17) is 44.9 Å². The van der Waals surface area contributed by atoms with Gasteiger partial charge in [-0.2, -0.15) is 0 Å². The number of morpholine rings is 1. The summed E-state index contributed by atoms with van der Waals surface area (Å²) in [5.74, 6) is 0.0239. The molecule has 1 aliphatic rings. The topological polar surface area (TPSA) is 36.3 Å². The Hall–Kier alpha value is 0.300. The molecule has 0 aromatic heterocycles.